The van der Waals surface area contributed by atoms with Crippen molar-refractivity contribution in [2.45, 2.75) is 18.7 Å². The molecule has 0 aliphatic carbocycles. The first-order chi connectivity index (χ1) is 16.7. The Morgan fingerprint density at radius 3 is 2.23 bits per heavy atom. The second-order valence-electron chi connectivity index (χ2n) is 8.33. The van der Waals surface area contributed by atoms with Crippen LogP contribution in [-0.2, 0) is 14.8 Å². The third-order valence-electron chi connectivity index (χ3n) is 5.09. The summed E-state index contributed by atoms with van der Waals surface area (Å²) in [6.07, 6.45) is 3.20. The number of carbonyl (C=O) groups excluding carboxylic acids is 1. The Kier molecular flexibility index (Phi) is 6.61. The molecule has 2 aromatic heterocycles. The molecule has 180 valence electrons. The molecule has 9 nitrogen and oxygen atoms in total. The molecule has 2 N–H and O–H groups in total. The second kappa shape index (κ2) is 9.63. The molecule has 0 bridgehead atoms. The molecule has 0 fully saturated rings. The fourth-order valence-electron chi connectivity index (χ4n) is 2.94. The van der Waals surface area contributed by atoms with Crippen LogP contribution < -0.4 is 10.0 Å². The molecule has 0 radical (unpaired) electrons. The van der Waals surface area contributed by atoms with Gasteiger partial charge in [-0.1, -0.05) is 6.07 Å². The van der Waals surface area contributed by atoms with E-state index in [0.29, 0.717) is 16.8 Å². The fraction of sp³-hybridized carbons (Fsp3) is 0.167. The number of alkyl halides is 1. The summed E-state index contributed by atoms with van der Waals surface area (Å²) in [5.41, 5.74) is 0.674. The van der Waals surface area contributed by atoms with Gasteiger partial charge in [-0.15, -0.1) is 10.2 Å². The van der Waals surface area contributed by atoms with Gasteiger partial charge in [0.1, 0.15) is 6.67 Å². The zero-order valence-electron chi connectivity index (χ0n) is 18.9. The summed E-state index contributed by atoms with van der Waals surface area (Å²) in [5.74, 6) is -0.0145. The second-order valence-corrected chi connectivity index (χ2v) is 10.0. The van der Waals surface area contributed by atoms with E-state index in [0.717, 1.165) is 0 Å². The smallest absolute Gasteiger partial charge is 0.261 e. The Labute approximate surface area is 201 Å². The van der Waals surface area contributed by atoms with Gasteiger partial charge in [0, 0.05) is 34.9 Å². The third-order valence-corrected chi connectivity index (χ3v) is 6.47. The molecule has 0 aliphatic rings. The molecular weight excluding hydrogens is 473 g/mol. The standard InChI is InChI=1S/C24H22FN5O4S/c1-24(2,15-25)23(31)27-18-6-8-19(9-7-18)30-35(32,33)20-5-3-4-17(14-20)22-29-28-21(34-22)16-10-12-26-13-11-16/h3-14,30H,15H2,1-2H3,(H,27,31). The monoisotopic (exact) mass is 495 g/mol. The zero-order chi connectivity index (χ0) is 25.1. The van der Waals surface area contributed by atoms with Crippen LogP contribution in [0.1, 0.15) is 13.8 Å². The van der Waals surface area contributed by atoms with Gasteiger partial charge in [-0.25, -0.2) is 12.8 Å². The van der Waals surface area contributed by atoms with Crippen LogP contribution in [0.5, 0.6) is 0 Å². The Morgan fingerprint density at radius 1 is 0.943 bits per heavy atom. The van der Waals surface area contributed by atoms with E-state index in [4.69, 9.17) is 4.42 Å². The minimum Gasteiger partial charge on any atom is -0.416 e. The van der Waals surface area contributed by atoms with Crippen LogP contribution in [0.4, 0.5) is 15.8 Å². The summed E-state index contributed by atoms with van der Waals surface area (Å²) in [6, 6.07) is 15.6. The number of benzene rings is 2. The minimum absolute atomic E-state index is 0.000681. The highest BCUT2D eigenvalue weighted by Crippen LogP contribution is 2.27. The molecule has 0 saturated heterocycles. The molecule has 2 aromatic carbocycles. The maximum Gasteiger partial charge on any atom is 0.261 e. The van der Waals surface area contributed by atoms with Crippen molar-refractivity contribution in [2.24, 2.45) is 5.41 Å². The van der Waals surface area contributed by atoms with Crippen molar-refractivity contribution in [1.82, 2.24) is 15.2 Å². The van der Waals surface area contributed by atoms with Crippen LogP contribution in [0, 0.1) is 5.41 Å². The average Bonchev–Trinajstić information content (AvgIpc) is 3.36. The van der Waals surface area contributed by atoms with Crippen LogP contribution in [-0.4, -0.2) is 36.2 Å². The summed E-state index contributed by atoms with van der Waals surface area (Å²) >= 11 is 0. The van der Waals surface area contributed by atoms with Gasteiger partial charge in [-0.3, -0.25) is 14.5 Å². The molecule has 11 heteroatoms. The number of anilines is 2. The van der Waals surface area contributed by atoms with E-state index in [1.807, 2.05) is 0 Å². The number of hydrogen-bond donors (Lipinski definition) is 2. The van der Waals surface area contributed by atoms with Crippen LogP contribution in [0.2, 0.25) is 0 Å². The van der Waals surface area contributed by atoms with Gasteiger partial charge in [-0.2, -0.15) is 0 Å². The van der Waals surface area contributed by atoms with Crippen LogP contribution in [0.25, 0.3) is 22.9 Å². The molecule has 4 aromatic rings. The van der Waals surface area contributed by atoms with Gasteiger partial charge < -0.3 is 9.73 Å². The van der Waals surface area contributed by atoms with Crippen molar-refractivity contribution in [1.29, 1.82) is 0 Å². The van der Waals surface area contributed by atoms with Crippen LogP contribution >= 0.6 is 0 Å². The molecule has 4 rings (SSSR count). The molecule has 1 amide bonds. The summed E-state index contributed by atoms with van der Waals surface area (Å²) in [6.45, 7) is 2.19. The van der Waals surface area contributed by atoms with E-state index in [9.17, 15) is 17.6 Å². The third kappa shape index (κ3) is 5.52. The first-order valence-corrected chi connectivity index (χ1v) is 12.0. The molecule has 2 heterocycles. The van der Waals surface area contributed by atoms with Gasteiger partial charge in [-0.05, 0) is 68.4 Å². The lowest BCUT2D eigenvalue weighted by Crippen LogP contribution is -2.32. The van der Waals surface area contributed by atoms with Gasteiger partial charge in [0.05, 0.1) is 10.3 Å². The number of sulfonamides is 1. The van der Waals surface area contributed by atoms with E-state index in [1.54, 1.807) is 36.7 Å². The topological polar surface area (TPSA) is 127 Å². The highest BCUT2D eigenvalue weighted by molar-refractivity contribution is 7.92. The van der Waals surface area contributed by atoms with E-state index in [1.165, 1.54) is 50.2 Å². The molecule has 35 heavy (non-hydrogen) atoms. The first-order valence-electron chi connectivity index (χ1n) is 10.5. The molecule has 0 unspecified atom stereocenters. The lowest BCUT2D eigenvalue weighted by molar-refractivity contribution is -0.124. The SMILES string of the molecule is CC(C)(CF)C(=O)Nc1ccc(NS(=O)(=O)c2cccc(-c3nnc(-c4ccncc4)o3)c2)cc1. The quantitative estimate of drug-likeness (QED) is 0.367. The minimum atomic E-state index is -3.94. The number of hydrogen-bond acceptors (Lipinski definition) is 7. The van der Waals surface area contributed by atoms with Crippen molar-refractivity contribution < 1.29 is 22.0 Å². The van der Waals surface area contributed by atoms with Crippen molar-refractivity contribution in [3.63, 3.8) is 0 Å². The van der Waals surface area contributed by atoms with E-state index in [-0.39, 0.29) is 22.4 Å². The van der Waals surface area contributed by atoms with E-state index < -0.39 is 28.0 Å². The molecule has 0 saturated carbocycles. The Hall–Kier alpha value is -4.12. The van der Waals surface area contributed by atoms with Gasteiger partial charge in [0.15, 0.2) is 0 Å². The first kappa shape index (κ1) is 24.0. The predicted molar refractivity (Wildman–Crippen MR) is 129 cm³/mol. The van der Waals surface area contributed by atoms with Crippen LogP contribution in [0.15, 0.2) is 82.4 Å². The Morgan fingerprint density at radius 2 is 1.57 bits per heavy atom. The zero-order valence-corrected chi connectivity index (χ0v) is 19.7. The molecular formula is C24H22FN5O4S. The number of pyridine rings is 1. The number of amides is 1. The number of nitrogens with one attached hydrogen (secondary N) is 2. The number of nitrogens with zero attached hydrogens (tertiary/aromatic N) is 3. The summed E-state index contributed by atoms with van der Waals surface area (Å²) in [5, 5.41) is 10.6. The van der Waals surface area contributed by atoms with E-state index in [2.05, 4.69) is 25.2 Å². The highest BCUT2D eigenvalue weighted by atomic mass is 32.2. The highest BCUT2D eigenvalue weighted by Gasteiger charge is 2.27. The van der Waals surface area contributed by atoms with Gasteiger partial charge in [0.2, 0.25) is 17.7 Å². The number of aromatic nitrogens is 3. The Bertz CT molecular complexity index is 1440. The number of rotatable bonds is 8. The van der Waals surface area contributed by atoms with Crippen LogP contribution in [0.3, 0.4) is 0 Å². The van der Waals surface area contributed by atoms with Crippen molar-refractivity contribution in [3.05, 3.63) is 73.1 Å². The maximum absolute atomic E-state index is 13.0. The lowest BCUT2D eigenvalue weighted by atomic mass is 9.94. The average molecular weight is 496 g/mol. The largest absolute Gasteiger partial charge is 0.416 e. The van der Waals surface area contributed by atoms with E-state index >= 15 is 0 Å². The summed E-state index contributed by atoms with van der Waals surface area (Å²) in [4.78, 5) is 16.1. The van der Waals surface area contributed by atoms with Crippen molar-refractivity contribution >= 4 is 27.3 Å². The Balaban J connectivity index is 1.50. The van der Waals surface area contributed by atoms with Crippen molar-refractivity contribution in [2.75, 3.05) is 16.7 Å². The predicted octanol–water partition coefficient (Wildman–Crippen LogP) is 4.53. The van der Waals surface area contributed by atoms with Gasteiger partial charge >= 0.3 is 0 Å². The lowest BCUT2D eigenvalue weighted by Gasteiger charge is -2.19. The number of carbonyl (C=O) groups is 1. The fourth-order valence-corrected chi connectivity index (χ4v) is 4.05. The molecule has 0 spiro atoms. The molecule has 0 aliphatic heterocycles. The summed E-state index contributed by atoms with van der Waals surface area (Å²) < 4.78 is 47.1. The normalized spacial score (nSPS) is 11.7. The molecule has 0 atom stereocenters. The van der Waals surface area contributed by atoms with Gasteiger partial charge in [0.25, 0.3) is 10.0 Å². The van der Waals surface area contributed by atoms with Crippen molar-refractivity contribution in [3.8, 4) is 22.9 Å². The number of halogens is 1. The maximum atomic E-state index is 13.0. The summed E-state index contributed by atoms with van der Waals surface area (Å²) in [7, 11) is -3.94.